The molecule has 0 saturated carbocycles. The summed E-state index contributed by atoms with van der Waals surface area (Å²) in [5.74, 6) is -0.462. The molecule has 2 saturated heterocycles. The first-order valence-electron chi connectivity index (χ1n) is 8.79. The Morgan fingerprint density at radius 1 is 0.960 bits per heavy atom. The molecular weight excluding hydrogens is 345 g/mol. The van der Waals surface area contributed by atoms with Gasteiger partial charge in [0.2, 0.25) is 5.91 Å². The van der Waals surface area contributed by atoms with Crippen molar-refractivity contribution in [2.24, 2.45) is 0 Å². The summed E-state index contributed by atoms with van der Waals surface area (Å²) in [5, 5.41) is 0.132. The molecule has 0 aliphatic carbocycles. The normalized spacial score (nSPS) is 19.1. The highest BCUT2D eigenvalue weighted by molar-refractivity contribution is 6.33. The summed E-state index contributed by atoms with van der Waals surface area (Å²) in [7, 11) is 0. The highest BCUT2D eigenvalue weighted by Gasteiger charge is 2.26. The van der Waals surface area contributed by atoms with Crippen LogP contribution in [-0.2, 0) is 4.79 Å². The second kappa shape index (κ2) is 8.15. The molecule has 0 bridgehead atoms. The Morgan fingerprint density at radius 3 is 2.28 bits per heavy atom. The number of hydrogen-bond acceptors (Lipinski definition) is 3. The summed E-state index contributed by atoms with van der Waals surface area (Å²) < 4.78 is 13.1. The van der Waals surface area contributed by atoms with E-state index in [9.17, 15) is 14.0 Å². The van der Waals surface area contributed by atoms with Crippen LogP contribution in [0.1, 0.15) is 29.6 Å². The minimum absolute atomic E-state index is 0.132. The van der Waals surface area contributed by atoms with Crippen molar-refractivity contribution in [3.63, 3.8) is 0 Å². The zero-order chi connectivity index (χ0) is 17.8. The van der Waals surface area contributed by atoms with Gasteiger partial charge in [0.15, 0.2) is 0 Å². The first-order chi connectivity index (χ1) is 12.0. The second-order valence-electron chi connectivity index (χ2n) is 6.63. The second-order valence-corrected chi connectivity index (χ2v) is 7.04. The average Bonchev–Trinajstić information content (AvgIpc) is 2.62. The van der Waals surface area contributed by atoms with E-state index in [0.29, 0.717) is 38.3 Å². The molecule has 136 valence electrons. The third kappa shape index (κ3) is 4.50. The quantitative estimate of drug-likeness (QED) is 0.823. The number of carbonyl (C=O) groups excluding carboxylic acids is 2. The van der Waals surface area contributed by atoms with Gasteiger partial charge in [-0.05, 0) is 37.5 Å². The maximum absolute atomic E-state index is 13.1. The van der Waals surface area contributed by atoms with Crippen LogP contribution in [0.15, 0.2) is 18.2 Å². The number of rotatable bonds is 3. The molecule has 2 amide bonds. The number of hydrogen-bond donors (Lipinski definition) is 0. The first kappa shape index (κ1) is 18.1. The lowest BCUT2D eigenvalue weighted by Crippen LogP contribution is -2.52. The minimum atomic E-state index is -0.456. The summed E-state index contributed by atoms with van der Waals surface area (Å²) >= 11 is 5.98. The molecule has 2 fully saturated rings. The molecule has 2 heterocycles. The fourth-order valence-corrected chi connectivity index (χ4v) is 3.62. The number of amides is 2. The van der Waals surface area contributed by atoms with Crippen molar-refractivity contribution in [3.05, 3.63) is 34.6 Å². The predicted molar refractivity (Wildman–Crippen MR) is 94.2 cm³/mol. The van der Waals surface area contributed by atoms with Crippen LogP contribution >= 0.6 is 11.6 Å². The van der Waals surface area contributed by atoms with Gasteiger partial charge in [-0.15, -0.1) is 0 Å². The number of benzene rings is 1. The topological polar surface area (TPSA) is 43.9 Å². The molecule has 3 rings (SSSR count). The maximum Gasteiger partial charge on any atom is 0.255 e. The number of likely N-dealkylation sites (tertiary alicyclic amines) is 1. The maximum atomic E-state index is 13.1. The molecule has 0 N–H and O–H groups in total. The van der Waals surface area contributed by atoms with E-state index in [1.165, 1.54) is 18.6 Å². The molecule has 0 atom stereocenters. The Hall–Kier alpha value is -1.66. The van der Waals surface area contributed by atoms with Crippen molar-refractivity contribution in [2.75, 3.05) is 45.8 Å². The number of carbonyl (C=O) groups is 2. The van der Waals surface area contributed by atoms with Gasteiger partial charge in [-0.3, -0.25) is 14.5 Å². The zero-order valence-electron chi connectivity index (χ0n) is 14.2. The lowest BCUT2D eigenvalue weighted by atomic mass is 10.1. The largest absolute Gasteiger partial charge is 0.342 e. The smallest absolute Gasteiger partial charge is 0.255 e. The van der Waals surface area contributed by atoms with E-state index in [1.807, 2.05) is 4.90 Å². The summed E-state index contributed by atoms with van der Waals surface area (Å²) in [6.45, 7) is 4.54. The highest BCUT2D eigenvalue weighted by Crippen LogP contribution is 2.20. The molecular formula is C18H23ClFN3O2. The standard InChI is InChI=1S/C18H23ClFN3O2/c19-16-12-14(20)4-5-15(16)18(25)23-10-8-21(9-11-23)13-17(24)22-6-2-1-3-7-22/h4-5,12H,1-3,6-11,13H2. The van der Waals surface area contributed by atoms with Crippen molar-refractivity contribution in [1.29, 1.82) is 0 Å². The Bertz CT molecular complexity index is 641. The molecule has 2 aliphatic rings. The van der Waals surface area contributed by atoms with Gasteiger partial charge in [0, 0.05) is 39.3 Å². The van der Waals surface area contributed by atoms with Gasteiger partial charge in [0.1, 0.15) is 5.82 Å². The third-order valence-electron chi connectivity index (χ3n) is 4.89. The van der Waals surface area contributed by atoms with Crippen LogP contribution < -0.4 is 0 Å². The van der Waals surface area contributed by atoms with Crippen molar-refractivity contribution in [2.45, 2.75) is 19.3 Å². The molecule has 1 aromatic carbocycles. The van der Waals surface area contributed by atoms with E-state index in [0.717, 1.165) is 32.0 Å². The van der Waals surface area contributed by atoms with Crippen molar-refractivity contribution in [3.8, 4) is 0 Å². The molecule has 0 radical (unpaired) electrons. The molecule has 5 nitrogen and oxygen atoms in total. The van der Waals surface area contributed by atoms with Gasteiger partial charge in [-0.25, -0.2) is 4.39 Å². The first-order valence-corrected chi connectivity index (χ1v) is 9.17. The average molecular weight is 368 g/mol. The number of piperazine rings is 1. The summed E-state index contributed by atoms with van der Waals surface area (Å²) in [6.07, 6.45) is 3.38. The van der Waals surface area contributed by atoms with E-state index in [-0.39, 0.29) is 16.8 Å². The molecule has 0 aromatic heterocycles. The van der Waals surface area contributed by atoms with Crippen LogP contribution in [0.2, 0.25) is 5.02 Å². The van der Waals surface area contributed by atoms with Crippen molar-refractivity contribution < 1.29 is 14.0 Å². The molecule has 0 spiro atoms. The van der Waals surface area contributed by atoms with Gasteiger partial charge in [0.05, 0.1) is 17.1 Å². The van der Waals surface area contributed by atoms with E-state index in [1.54, 1.807) is 4.90 Å². The van der Waals surface area contributed by atoms with Crippen LogP contribution in [0.25, 0.3) is 0 Å². The lowest BCUT2D eigenvalue weighted by molar-refractivity contribution is -0.133. The molecule has 25 heavy (non-hydrogen) atoms. The van der Waals surface area contributed by atoms with Gasteiger partial charge in [-0.1, -0.05) is 11.6 Å². The Balaban J connectivity index is 1.51. The lowest BCUT2D eigenvalue weighted by Gasteiger charge is -2.36. The van der Waals surface area contributed by atoms with E-state index < -0.39 is 5.82 Å². The van der Waals surface area contributed by atoms with Crippen molar-refractivity contribution >= 4 is 23.4 Å². The number of nitrogens with zero attached hydrogens (tertiary/aromatic N) is 3. The van der Waals surface area contributed by atoms with Gasteiger partial charge >= 0.3 is 0 Å². The van der Waals surface area contributed by atoms with Gasteiger partial charge in [-0.2, -0.15) is 0 Å². The molecule has 1 aromatic rings. The van der Waals surface area contributed by atoms with E-state index >= 15 is 0 Å². The fourth-order valence-electron chi connectivity index (χ4n) is 3.38. The molecule has 7 heteroatoms. The van der Waals surface area contributed by atoms with Crippen molar-refractivity contribution in [1.82, 2.24) is 14.7 Å². The Morgan fingerprint density at radius 2 is 1.64 bits per heavy atom. The SMILES string of the molecule is O=C(CN1CCN(C(=O)c2ccc(F)cc2Cl)CC1)N1CCCCC1. The molecule has 0 unspecified atom stereocenters. The highest BCUT2D eigenvalue weighted by atomic mass is 35.5. The third-order valence-corrected chi connectivity index (χ3v) is 5.20. The Kier molecular flexibility index (Phi) is 5.91. The number of halogens is 2. The molecule has 2 aliphatic heterocycles. The summed E-state index contributed by atoms with van der Waals surface area (Å²) in [4.78, 5) is 30.6. The van der Waals surface area contributed by atoms with E-state index in [2.05, 4.69) is 4.90 Å². The fraction of sp³-hybridized carbons (Fsp3) is 0.556. The van der Waals surface area contributed by atoms with E-state index in [4.69, 9.17) is 11.6 Å². The minimum Gasteiger partial charge on any atom is -0.342 e. The van der Waals surface area contributed by atoms with Crippen LogP contribution in [0, 0.1) is 5.82 Å². The van der Waals surface area contributed by atoms with Crippen LogP contribution in [0.5, 0.6) is 0 Å². The zero-order valence-corrected chi connectivity index (χ0v) is 15.0. The van der Waals surface area contributed by atoms with Crippen LogP contribution in [-0.4, -0.2) is 72.3 Å². The van der Waals surface area contributed by atoms with Gasteiger partial charge < -0.3 is 9.80 Å². The van der Waals surface area contributed by atoms with Crippen LogP contribution in [0.4, 0.5) is 4.39 Å². The monoisotopic (exact) mass is 367 g/mol. The number of piperidine rings is 1. The van der Waals surface area contributed by atoms with Gasteiger partial charge in [0.25, 0.3) is 5.91 Å². The predicted octanol–water partition coefficient (Wildman–Crippen LogP) is 2.25. The summed E-state index contributed by atoms with van der Waals surface area (Å²) in [5.41, 5.74) is 0.320. The summed E-state index contributed by atoms with van der Waals surface area (Å²) in [6, 6.07) is 3.82. The van der Waals surface area contributed by atoms with Crippen LogP contribution in [0.3, 0.4) is 0 Å². The Labute approximate surface area is 152 Å².